The van der Waals surface area contributed by atoms with Gasteiger partial charge in [0.1, 0.15) is 0 Å². The minimum atomic E-state index is 0.183. The molecule has 0 aromatic carbocycles. The number of amides is 1. The molecular formula is C17H32N2O. The second-order valence-corrected chi connectivity index (χ2v) is 6.90. The van der Waals surface area contributed by atoms with Crippen molar-refractivity contribution in [2.24, 2.45) is 23.5 Å². The maximum Gasteiger partial charge on any atom is 0.223 e. The van der Waals surface area contributed by atoms with Gasteiger partial charge in [0.25, 0.3) is 0 Å². The summed E-state index contributed by atoms with van der Waals surface area (Å²) < 4.78 is 0. The molecule has 2 saturated carbocycles. The van der Waals surface area contributed by atoms with Crippen molar-refractivity contribution in [3.63, 3.8) is 0 Å². The van der Waals surface area contributed by atoms with Crippen molar-refractivity contribution in [3.05, 3.63) is 0 Å². The molecule has 2 atom stereocenters. The molecule has 3 N–H and O–H groups in total. The van der Waals surface area contributed by atoms with Crippen LogP contribution < -0.4 is 11.1 Å². The first kappa shape index (κ1) is 15.8. The Kier molecular flexibility index (Phi) is 6.34. The fourth-order valence-electron chi connectivity index (χ4n) is 4.15. The van der Waals surface area contributed by atoms with E-state index in [1.54, 1.807) is 0 Å². The fourth-order valence-corrected chi connectivity index (χ4v) is 4.15. The van der Waals surface area contributed by atoms with E-state index in [9.17, 15) is 4.79 Å². The Morgan fingerprint density at radius 1 is 1.10 bits per heavy atom. The third-order valence-electron chi connectivity index (χ3n) is 5.44. The Morgan fingerprint density at radius 2 is 1.80 bits per heavy atom. The first-order valence-electron chi connectivity index (χ1n) is 8.75. The maximum absolute atomic E-state index is 12.5. The van der Waals surface area contributed by atoms with Gasteiger partial charge in [-0.2, -0.15) is 0 Å². The van der Waals surface area contributed by atoms with E-state index >= 15 is 0 Å². The monoisotopic (exact) mass is 280 g/mol. The summed E-state index contributed by atoms with van der Waals surface area (Å²) in [4.78, 5) is 12.5. The lowest BCUT2D eigenvalue weighted by molar-refractivity contribution is -0.128. The molecule has 116 valence electrons. The number of rotatable bonds is 5. The molecule has 0 bridgehead atoms. The minimum absolute atomic E-state index is 0.183. The topological polar surface area (TPSA) is 55.1 Å². The Balaban J connectivity index is 1.77. The second kappa shape index (κ2) is 8.02. The van der Waals surface area contributed by atoms with E-state index in [1.807, 2.05) is 0 Å². The molecule has 0 spiro atoms. The zero-order valence-corrected chi connectivity index (χ0v) is 13.1. The van der Waals surface area contributed by atoms with Crippen molar-refractivity contribution < 1.29 is 4.79 Å². The molecule has 0 aromatic rings. The minimum Gasteiger partial charge on any atom is -0.353 e. The zero-order chi connectivity index (χ0) is 14.4. The van der Waals surface area contributed by atoms with Crippen LogP contribution in [0.5, 0.6) is 0 Å². The first-order valence-corrected chi connectivity index (χ1v) is 8.75. The summed E-state index contributed by atoms with van der Waals surface area (Å²) >= 11 is 0. The molecule has 0 aromatic heterocycles. The Labute approximate surface area is 124 Å². The number of carbonyl (C=O) groups excluding carboxylic acids is 1. The van der Waals surface area contributed by atoms with E-state index < -0.39 is 0 Å². The van der Waals surface area contributed by atoms with Gasteiger partial charge in [0, 0.05) is 12.0 Å². The van der Waals surface area contributed by atoms with Gasteiger partial charge in [0.2, 0.25) is 5.91 Å². The van der Waals surface area contributed by atoms with Crippen molar-refractivity contribution in [3.8, 4) is 0 Å². The summed E-state index contributed by atoms with van der Waals surface area (Å²) in [5, 5.41) is 3.32. The van der Waals surface area contributed by atoms with Crippen molar-refractivity contribution in [1.29, 1.82) is 0 Å². The van der Waals surface area contributed by atoms with Crippen LogP contribution in [0.1, 0.15) is 71.1 Å². The summed E-state index contributed by atoms with van der Waals surface area (Å²) in [6.45, 7) is 2.94. The van der Waals surface area contributed by atoms with Crippen LogP contribution in [-0.2, 0) is 4.79 Å². The van der Waals surface area contributed by atoms with Crippen LogP contribution in [0.25, 0.3) is 0 Å². The van der Waals surface area contributed by atoms with Crippen molar-refractivity contribution in [2.45, 2.75) is 77.2 Å². The molecule has 2 unspecified atom stereocenters. The van der Waals surface area contributed by atoms with Crippen LogP contribution in [0.15, 0.2) is 0 Å². The Morgan fingerprint density at radius 3 is 2.45 bits per heavy atom. The Bertz CT molecular complexity index is 297. The quantitative estimate of drug-likeness (QED) is 0.812. The molecule has 0 aliphatic heterocycles. The normalized spacial score (nSPS) is 34.7. The first-order chi connectivity index (χ1) is 9.74. The fraction of sp³-hybridized carbons (Fsp3) is 0.941. The van der Waals surface area contributed by atoms with Gasteiger partial charge < -0.3 is 11.1 Å². The van der Waals surface area contributed by atoms with Crippen LogP contribution in [0.3, 0.4) is 0 Å². The zero-order valence-electron chi connectivity index (χ0n) is 13.1. The highest BCUT2D eigenvalue weighted by atomic mass is 16.2. The number of hydrogen-bond donors (Lipinski definition) is 2. The summed E-state index contributed by atoms with van der Waals surface area (Å²) in [6, 6.07) is 0.427. The number of nitrogens with two attached hydrogens (primary N) is 1. The summed E-state index contributed by atoms with van der Waals surface area (Å²) in [6.07, 6.45) is 12.2. The standard InChI is InChI=1S/C17H32N2O/c1-2-5-13-8-10-15(11-9-13)19-17(20)16-7-4-3-6-14(16)12-18/h13-16H,2-12,18H2,1H3,(H,19,20). The summed E-state index contributed by atoms with van der Waals surface area (Å²) in [5.41, 5.74) is 5.84. The summed E-state index contributed by atoms with van der Waals surface area (Å²) in [7, 11) is 0. The van der Waals surface area contributed by atoms with E-state index in [0.717, 1.165) is 18.8 Å². The van der Waals surface area contributed by atoms with E-state index in [4.69, 9.17) is 5.73 Å². The molecule has 3 nitrogen and oxygen atoms in total. The third-order valence-corrected chi connectivity index (χ3v) is 5.44. The molecule has 0 saturated heterocycles. The van der Waals surface area contributed by atoms with Gasteiger partial charge in [-0.25, -0.2) is 0 Å². The predicted octanol–water partition coefficient (Wildman–Crippen LogP) is 3.23. The average molecular weight is 280 g/mol. The van der Waals surface area contributed by atoms with Crippen molar-refractivity contribution in [2.75, 3.05) is 6.54 Å². The largest absolute Gasteiger partial charge is 0.353 e. The summed E-state index contributed by atoms with van der Waals surface area (Å²) in [5.74, 6) is 1.79. The molecule has 2 rings (SSSR count). The van der Waals surface area contributed by atoms with Crippen LogP contribution >= 0.6 is 0 Å². The molecule has 2 aliphatic carbocycles. The van der Waals surface area contributed by atoms with Crippen LogP contribution in [0, 0.1) is 17.8 Å². The number of hydrogen-bond acceptors (Lipinski definition) is 2. The molecule has 3 heteroatoms. The lowest BCUT2D eigenvalue weighted by Gasteiger charge is -2.33. The van der Waals surface area contributed by atoms with Crippen molar-refractivity contribution in [1.82, 2.24) is 5.32 Å². The number of nitrogens with one attached hydrogen (secondary N) is 1. The average Bonchev–Trinajstić information content (AvgIpc) is 2.49. The lowest BCUT2D eigenvalue weighted by Crippen LogP contribution is -2.45. The molecule has 2 fully saturated rings. The maximum atomic E-state index is 12.5. The molecule has 0 heterocycles. The van der Waals surface area contributed by atoms with Gasteiger partial charge in [-0.1, -0.05) is 32.6 Å². The smallest absolute Gasteiger partial charge is 0.223 e. The highest BCUT2D eigenvalue weighted by molar-refractivity contribution is 5.79. The van der Waals surface area contributed by atoms with E-state index in [0.29, 0.717) is 24.4 Å². The highest BCUT2D eigenvalue weighted by Crippen LogP contribution is 2.31. The third kappa shape index (κ3) is 4.21. The van der Waals surface area contributed by atoms with Crippen LogP contribution in [0.4, 0.5) is 0 Å². The number of carbonyl (C=O) groups is 1. The van der Waals surface area contributed by atoms with Gasteiger partial charge in [-0.15, -0.1) is 0 Å². The van der Waals surface area contributed by atoms with Gasteiger partial charge in [0.15, 0.2) is 0 Å². The molecule has 1 amide bonds. The van der Waals surface area contributed by atoms with Gasteiger partial charge in [-0.3, -0.25) is 4.79 Å². The highest BCUT2D eigenvalue weighted by Gasteiger charge is 2.31. The lowest BCUT2D eigenvalue weighted by atomic mass is 9.78. The molecular weight excluding hydrogens is 248 g/mol. The van der Waals surface area contributed by atoms with Crippen molar-refractivity contribution >= 4 is 5.91 Å². The van der Waals surface area contributed by atoms with Crippen LogP contribution in [-0.4, -0.2) is 18.5 Å². The molecule has 20 heavy (non-hydrogen) atoms. The van der Waals surface area contributed by atoms with Gasteiger partial charge >= 0.3 is 0 Å². The van der Waals surface area contributed by atoms with Crippen LogP contribution in [0.2, 0.25) is 0 Å². The van der Waals surface area contributed by atoms with E-state index in [1.165, 1.54) is 51.4 Å². The van der Waals surface area contributed by atoms with E-state index in [-0.39, 0.29) is 5.92 Å². The molecule has 0 radical (unpaired) electrons. The SMILES string of the molecule is CCCC1CCC(NC(=O)C2CCCCC2CN)CC1. The van der Waals surface area contributed by atoms with Gasteiger partial charge in [-0.05, 0) is 56.9 Å². The predicted molar refractivity (Wildman–Crippen MR) is 83.3 cm³/mol. The van der Waals surface area contributed by atoms with Gasteiger partial charge in [0.05, 0.1) is 0 Å². The van der Waals surface area contributed by atoms with E-state index in [2.05, 4.69) is 12.2 Å². The Hall–Kier alpha value is -0.570. The molecule has 2 aliphatic rings. The second-order valence-electron chi connectivity index (χ2n) is 6.90.